The smallest absolute Gasteiger partial charge is 0.183 e. The first-order chi connectivity index (χ1) is 13.8. The highest BCUT2D eigenvalue weighted by Crippen LogP contribution is 2.29. The highest BCUT2D eigenvalue weighted by atomic mass is 19.1. The number of benzene rings is 1. The van der Waals surface area contributed by atoms with Gasteiger partial charge in [-0.1, -0.05) is 0 Å². The van der Waals surface area contributed by atoms with Crippen molar-refractivity contribution >= 4 is 17.3 Å². The number of aromatic nitrogens is 3. The maximum Gasteiger partial charge on any atom is 0.183 e. The molecule has 3 aromatic rings. The fourth-order valence-electron chi connectivity index (χ4n) is 3.09. The van der Waals surface area contributed by atoms with Crippen LogP contribution in [0.3, 0.4) is 0 Å². The number of halogens is 2. The summed E-state index contributed by atoms with van der Waals surface area (Å²) in [6.07, 6.45) is 2.74. The minimum absolute atomic E-state index is 0.00293. The van der Waals surface area contributed by atoms with Crippen LogP contribution in [0.1, 0.15) is 37.9 Å². The Morgan fingerprint density at radius 2 is 2.10 bits per heavy atom. The Balaban J connectivity index is 1.70. The van der Waals surface area contributed by atoms with E-state index >= 15 is 0 Å². The molecule has 0 spiro atoms. The Hall–Kier alpha value is -3.27. The van der Waals surface area contributed by atoms with Gasteiger partial charge in [0.1, 0.15) is 11.6 Å². The Morgan fingerprint density at radius 3 is 2.79 bits per heavy atom. The average molecular weight is 402 g/mol. The second kappa shape index (κ2) is 6.96. The topological polar surface area (TPSA) is 85.1 Å². The van der Waals surface area contributed by atoms with Gasteiger partial charge in [0, 0.05) is 5.56 Å². The van der Waals surface area contributed by atoms with Crippen molar-refractivity contribution in [2.24, 2.45) is 4.99 Å². The molecule has 1 atom stereocenters. The van der Waals surface area contributed by atoms with Crippen LogP contribution >= 0.6 is 0 Å². The van der Waals surface area contributed by atoms with Crippen LogP contribution in [0.4, 0.5) is 14.6 Å². The van der Waals surface area contributed by atoms with E-state index in [0.717, 1.165) is 0 Å². The van der Waals surface area contributed by atoms with E-state index in [0.29, 0.717) is 28.4 Å². The molecule has 0 saturated heterocycles. The molecule has 0 fully saturated rings. The molecule has 3 heterocycles. The maximum absolute atomic E-state index is 14.6. The number of methoxy groups -OCH3 is 1. The van der Waals surface area contributed by atoms with E-state index in [9.17, 15) is 8.78 Å². The van der Waals surface area contributed by atoms with Crippen LogP contribution in [0.15, 0.2) is 35.6 Å². The molecule has 0 aliphatic carbocycles. The quantitative estimate of drug-likeness (QED) is 0.682. The Morgan fingerprint density at radius 1 is 1.31 bits per heavy atom. The highest BCUT2D eigenvalue weighted by molar-refractivity contribution is 6.03. The second-order valence-electron chi connectivity index (χ2n) is 7.13. The Bertz CT molecular complexity index is 1110. The van der Waals surface area contributed by atoms with Crippen LogP contribution in [-0.4, -0.2) is 33.3 Å². The van der Waals surface area contributed by atoms with Gasteiger partial charge in [0.05, 0.1) is 31.1 Å². The summed E-state index contributed by atoms with van der Waals surface area (Å²) in [5, 5.41) is 7.11. The van der Waals surface area contributed by atoms with E-state index in [2.05, 4.69) is 25.9 Å². The number of rotatable bonds is 5. The number of anilines is 1. The SMILES string of the molecule is COc1ccc(F)cc1[C@@H](C)Nc1nc2c(C3=NC(C)(C)ON3)cnn2cc1F. The molecule has 1 aromatic carbocycles. The summed E-state index contributed by atoms with van der Waals surface area (Å²) in [4.78, 5) is 14.2. The third-order valence-corrected chi connectivity index (χ3v) is 4.49. The van der Waals surface area contributed by atoms with E-state index in [1.807, 2.05) is 0 Å². The lowest BCUT2D eigenvalue weighted by molar-refractivity contribution is -0.0269. The number of fused-ring (bicyclic) bond motifs is 1. The Labute approximate surface area is 165 Å². The van der Waals surface area contributed by atoms with Gasteiger partial charge in [-0.2, -0.15) is 5.10 Å². The summed E-state index contributed by atoms with van der Waals surface area (Å²) in [7, 11) is 1.49. The predicted octanol–water partition coefficient (Wildman–Crippen LogP) is 3.21. The molecule has 29 heavy (non-hydrogen) atoms. The summed E-state index contributed by atoms with van der Waals surface area (Å²) in [5.41, 5.74) is 3.51. The van der Waals surface area contributed by atoms with E-state index in [4.69, 9.17) is 9.57 Å². The molecular formula is C19H20F2N6O2. The molecule has 1 aliphatic heterocycles. The lowest BCUT2D eigenvalue weighted by atomic mass is 10.1. The van der Waals surface area contributed by atoms with Crippen molar-refractivity contribution in [3.05, 3.63) is 53.4 Å². The molecule has 10 heteroatoms. The van der Waals surface area contributed by atoms with Gasteiger partial charge in [0.2, 0.25) is 0 Å². The summed E-state index contributed by atoms with van der Waals surface area (Å²) in [6, 6.07) is 3.70. The second-order valence-corrected chi connectivity index (χ2v) is 7.13. The molecule has 4 rings (SSSR count). The molecule has 2 aromatic heterocycles. The first-order valence-electron chi connectivity index (χ1n) is 8.95. The van der Waals surface area contributed by atoms with Crippen molar-refractivity contribution in [1.82, 2.24) is 20.1 Å². The fraction of sp³-hybridized carbons (Fsp3) is 0.316. The summed E-state index contributed by atoms with van der Waals surface area (Å²) >= 11 is 0. The van der Waals surface area contributed by atoms with Crippen molar-refractivity contribution in [2.45, 2.75) is 32.5 Å². The van der Waals surface area contributed by atoms with Crippen LogP contribution in [0, 0.1) is 11.6 Å². The summed E-state index contributed by atoms with van der Waals surface area (Å²) < 4.78 is 34.9. The average Bonchev–Trinajstić information content (AvgIpc) is 3.24. The number of hydroxylamine groups is 1. The van der Waals surface area contributed by atoms with Gasteiger partial charge in [-0.05, 0) is 39.0 Å². The first kappa shape index (κ1) is 19.1. The Kier molecular flexibility index (Phi) is 4.58. The molecule has 8 nitrogen and oxygen atoms in total. The lowest BCUT2D eigenvalue weighted by Crippen LogP contribution is -2.23. The van der Waals surface area contributed by atoms with E-state index in [-0.39, 0.29) is 5.82 Å². The summed E-state index contributed by atoms with van der Waals surface area (Å²) in [5.74, 6) is -0.0785. The zero-order chi connectivity index (χ0) is 20.8. The van der Waals surface area contributed by atoms with Gasteiger partial charge in [0.15, 0.2) is 28.8 Å². The molecule has 2 N–H and O–H groups in total. The van der Waals surface area contributed by atoms with Crippen molar-refractivity contribution in [2.75, 3.05) is 12.4 Å². The third kappa shape index (κ3) is 3.58. The minimum Gasteiger partial charge on any atom is -0.496 e. The van der Waals surface area contributed by atoms with Crippen molar-refractivity contribution in [3.63, 3.8) is 0 Å². The van der Waals surface area contributed by atoms with Crippen LogP contribution in [0.5, 0.6) is 5.75 Å². The van der Waals surface area contributed by atoms with Gasteiger partial charge in [-0.25, -0.2) is 33.6 Å². The zero-order valence-corrected chi connectivity index (χ0v) is 16.3. The molecule has 152 valence electrons. The number of amidine groups is 1. The van der Waals surface area contributed by atoms with Gasteiger partial charge < -0.3 is 10.1 Å². The number of hydrogen-bond acceptors (Lipinski definition) is 7. The monoisotopic (exact) mass is 402 g/mol. The number of nitrogens with one attached hydrogen (secondary N) is 2. The standard InChI is InChI=1S/C19H20F2N6O2/c1-10(12-7-11(20)5-6-15(12)28-4)23-17-14(21)9-27-18(24-17)13(8-22-27)16-25-19(2,3)29-26-16/h5-10H,1-4H3,(H,23,24)(H,25,26)/t10-/m1/s1. The normalized spacial score (nSPS) is 16.4. The molecule has 0 bridgehead atoms. The highest BCUT2D eigenvalue weighted by Gasteiger charge is 2.28. The zero-order valence-electron chi connectivity index (χ0n) is 16.3. The number of nitrogens with zero attached hydrogens (tertiary/aromatic N) is 4. The predicted molar refractivity (Wildman–Crippen MR) is 103 cm³/mol. The molecular weight excluding hydrogens is 382 g/mol. The van der Waals surface area contributed by atoms with Crippen LogP contribution < -0.4 is 15.5 Å². The van der Waals surface area contributed by atoms with E-state index in [1.54, 1.807) is 20.8 Å². The fourth-order valence-corrected chi connectivity index (χ4v) is 3.09. The van der Waals surface area contributed by atoms with Crippen molar-refractivity contribution in [1.29, 1.82) is 0 Å². The minimum atomic E-state index is -0.729. The number of aliphatic imine (C=N–C) groups is 1. The van der Waals surface area contributed by atoms with E-state index in [1.165, 1.54) is 42.2 Å². The number of hydrogen-bond donors (Lipinski definition) is 2. The van der Waals surface area contributed by atoms with E-state index < -0.39 is 23.4 Å². The van der Waals surface area contributed by atoms with Crippen molar-refractivity contribution in [3.8, 4) is 5.75 Å². The summed E-state index contributed by atoms with van der Waals surface area (Å²) in [6.45, 7) is 5.36. The molecule has 0 radical (unpaired) electrons. The largest absolute Gasteiger partial charge is 0.496 e. The molecule has 0 amide bonds. The van der Waals surface area contributed by atoms with Crippen LogP contribution in [0.25, 0.3) is 5.65 Å². The van der Waals surface area contributed by atoms with Crippen molar-refractivity contribution < 1.29 is 18.4 Å². The van der Waals surface area contributed by atoms with Crippen LogP contribution in [-0.2, 0) is 4.84 Å². The first-order valence-corrected chi connectivity index (χ1v) is 8.95. The van der Waals surface area contributed by atoms with Gasteiger partial charge in [-0.3, -0.25) is 0 Å². The lowest BCUT2D eigenvalue weighted by Gasteiger charge is -2.18. The maximum atomic E-state index is 14.6. The van der Waals surface area contributed by atoms with Gasteiger partial charge >= 0.3 is 0 Å². The van der Waals surface area contributed by atoms with Gasteiger partial charge in [0.25, 0.3) is 0 Å². The molecule has 0 unspecified atom stereocenters. The molecule has 1 aliphatic rings. The number of ether oxygens (including phenoxy) is 1. The van der Waals surface area contributed by atoms with Crippen LogP contribution in [0.2, 0.25) is 0 Å². The molecule has 0 saturated carbocycles. The third-order valence-electron chi connectivity index (χ3n) is 4.49. The van der Waals surface area contributed by atoms with Gasteiger partial charge in [-0.15, -0.1) is 0 Å².